The van der Waals surface area contributed by atoms with Gasteiger partial charge in [-0.15, -0.1) is 0 Å². The number of hydrogen-bond donors (Lipinski definition) is 2. The van der Waals surface area contributed by atoms with Gasteiger partial charge in [0, 0.05) is 25.0 Å². The molecule has 8 nitrogen and oxygen atoms in total. The maximum atomic E-state index is 12.5. The van der Waals surface area contributed by atoms with E-state index in [1.807, 2.05) is 0 Å². The highest BCUT2D eigenvalue weighted by Gasteiger charge is 2.22. The van der Waals surface area contributed by atoms with Crippen molar-refractivity contribution in [1.82, 2.24) is 9.29 Å². The third kappa shape index (κ3) is 5.31. The molecular weight excluding hydrogens is 394 g/mol. The Bertz CT molecular complexity index is 922. The second-order valence-electron chi connectivity index (χ2n) is 5.47. The Morgan fingerprint density at radius 3 is 2.52 bits per heavy atom. The van der Waals surface area contributed by atoms with Crippen LogP contribution in [-0.2, 0) is 19.6 Å². The number of halogens is 1. The molecule has 27 heavy (non-hydrogen) atoms. The Kier molecular flexibility index (Phi) is 7.00. The number of H-pyrrole nitrogens is 1. The lowest BCUT2D eigenvalue weighted by Gasteiger charge is -2.18. The lowest BCUT2D eigenvalue weighted by atomic mass is 10.3. The number of carbonyl (C=O) groups excluding carboxylic acids is 2. The van der Waals surface area contributed by atoms with Crippen molar-refractivity contribution in [1.29, 1.82) is 0 Å². The number of esters is 1. The molecule has 0 spiro atoms. The van der Waals surface area contributed by atoms with Crippen molar-refractivity contribution in [2.24, 2.45) is 0 Å². The molecule has 0 aliphatic carbocycles. The maximum absolute atomic E-state index is 12.5. The number of aromatic nitrogens is 1. The molecule has 1 heterocycles. The van der Waals surface area contributed by atoms with E-state index >= 15 is 0 Å². The molecule has 146 valence electrons. The van der Waals surface area contributed by atoms with Gasteiger partial charge >= 0.3 is 5.97 Å². The summed E-state index contributed by atoms with van der Waals surface area (Å²) in [5.74, 6) is -1.33. The molecule has 0 atom stereocenters. The SMILES string of the molecule is CCN(CC)S(=O)(=O)c1cccc(NC(=O)COC(=O)c2cc(Cl)c[nH]2)c1. The van der Waals surface area contributed by atoms with Crippen molar-refractivity contribution in [2.45, 2.75) is 18.7 Å². The van der Waals surface area contributed by atoms with Crippen molar-refractivity contribution in [3.63, 3.8) is 0 Å². The first-order valence-electron chi connectivity index (χ1n) is 8.19. The van der Waals surface area contributed by atoms with Gasteiger partial charge in [0.05, 0.1) is 9.92 Å². The van der Waals surface area contributed by atoms with E-state index in [9.17, 15) is 18.0 Å². The van der Waals surface area contributed by atoms with Crippen LogP contribution in [0.2, 0.25) is 5.02 Å². The number of anilines is 1. The summed E-state index contributed by atoms with van der Waals surface area (Å²) >= 11 is 5.70. The predicted molar refractivity (Wildman–Crippen MR) is 101 cm³/mol. The second kappa shape index (κ2) is 9.03. The molecule has 0 aliphatic rings. The fourth-order valence-electron chi connectivity index (χ4n) is 2.34. The second-order valence-corrected chi connectivity index (χ2v) is 7.85. The van der Waals surface area contributed by atoms with E-state index in [1.54, 1.807) is 19.9 Å². The van der Waals surface area contributed by atoms with Gasteiger partial charge in [-0.2, -0.15) is 4.31 Å². The van der Waals surface area contributed by atoms with Gasteiger partial charge in [0.25, 0.3) is 5.91 Å². The minimum absolute atomic E-state index is 0.0713. The van der Waals surface area contributed by atoms with E-state index in [1.165, 1.54) is 34.8 Å². The standard InChI is InChI=1S/C17H20ClN3O5S/c1-3-21(4-2)27(24,25)14-7-5-6-13(9-14)20-16(22)11-26-17(23)15-8-12(18)10-19-15/h5-10,19H,3-4,11H2,1-2H3,(H,20,22). The molecule has 0 unspecified atom stereocenters. The molecule has 2 N–H and O–H groups in total. The highest BCUT2D eigenvalue weighted by atomic mass is 35.5. The van der Waals surface area contributed by atoms with E-state index in [-0.39, 0.29) is 16.3 Å². The van der Waals surface area contributed by atoms with Crippen LogP contribution < -0.4 is 5.32 Å². The summed E-state index contributed by atoms with van der Waals surface area (Å²) in [7, 11) is -3.64. The first-order valence-corrected chi connectivity index (χ1v) is 10.0. The minimum Gasteiger partial charge on any atom is -0.451 e. The Morgan fingerprint density at radius 1 is 1.22 bits per heavy atom. The average molecular weight is 414 g/mol. The topological polar surface area (TPSA) is 109 Å². The van der Waals surface area contributed by atoms with E-state index in [4.69, 9.17) is 16.3 Å². The van der Waals surface area contributed by atoms with Crippen LogP contribution in [0.1, 0.15) is 24.3 Å². The lowest BCUT2D eigenvalue weighted by Crippen LogP contribution is -2.30. The van der Waals surface area contributed by atoms with E-state index in [0.29, 0.717) is 18.1 Å². The van der Waals surface area contributed by atoms with Crippen molar-refractivity contribution < 1.29 is 22.7 Å². The lowest BCUT2D eigenvalue weighted by molar-refractivity contribution is -0.119. The maximum Gasteiger partial charge on any atom is 0.355 e. The quantitative estimate of drug-likeness (QED) is 0.646. The van der Waals surface area contributed by atoms with Crippen molar-refractivity contribution >= 4 is 39.2 Å². The zero-order valence-electron chi connectivity index (χ0n) is 14.9. The summed E-state index contributed by atoms with van der Waals surface area (Å²) in [6.07, 6.45) is 1.42. The van der Waals surface area contributed by atoms with Gasteiger partial charge in [-0.3, -0.25) is 4.79 Å². The summed E-state index contributed by atoms with van der Waals surface area (Å²) in [4.78, 5) is 26.4. The average Bonchev–Trinajstić information content (AvgIpc) is 3.07. The minimum atomic E-state index is -3.64. The predicted octanol–water partition coefficient (Wildman–Crippen LogP) is 2.49. The van der Waals surface area contributed by atoms with E-state index in [2.05, 4.69) is 10.3 Å². The van der Waals surface area contributed by atoms with Crippen LogP contribution in [0, 0.1) is 0 Å². The molecule has 2 aromatic rings. The van der Waals surface area contributed by atoms with Gasteiger partial charge in [-0.05, 0) is 24.3 Å². The smallest absolute Gasteiger partial charge is 0.355 e. The Morgan fingerprint density at radius 2 is 1.93 bits per heavy atom. The Hall–Kier alpha value is -2.36. The molecule has 0 saturated carbocycles. The van der Waals surface area contributed by atoms with Crippen LogP contribution in [-0.4, -0.2) is 49.3 Å². The molecule has 0 aliphatic heterocycles. The molecule has 0 bridgehead atoms. The van der Waals surface area contributed by atoms with Crippen molar-refractivity contribution in [3.8, 4) is 0 Å². The Labute approximate surface area is 162 Å². The molecule has 1 aromatic carbocycles. The number of hydrogen-bond acceptors (Lipinski definition) is 5. The van der Waals surface area contributed by atoms with Gasteiger partial charge in [-0.1, -0.05) is 31.5 Å². The van der Waals surface area contributed by atoms with Crippen molar-refractivity contribution in [3.05, 3.63) is 47.2 Å². The number of sulfonamides is 1. The number of nitrogens with zero attached hydrogens (tertiary/aromatic N) is 1. The molecule has 1 aromatic heterocycles. The highest BCUT2D eigenvalue weighted by molar-refractivity contribution is 7.89. The van der Waals surface area contributed by atoms with Gasteiger partial charge < -0.3 is 15.0 Å². The van der Waals surface area contributed by atoms with E-state index in [0.717, 1.165) is 0 Å². The first kappa shape index (κ1) is 20.9. The normalized spacial score (nSPS) is 11.4. The highest BCUT2D eigenvalue weighted by Crippen LogP contribution is 2.19. The molecule has 10 heteroatoms. The number of carbonyl (C=O) groups is 2. The summed E-state index contributed by atoms with van der Waals surface area (Å²) < 4.78 is 31.3. The largest absolute Gasteiger partial charge is 0.451 e. The summed E-state index contributed by atoms with van der Waals surface area (Å²) in [6, 6.07) is 7.27. The molecule has 1 amide bonds. The van der Waals surface area contributed by atoms with Gasteiger partial charge in [-0.25, -0.2) is 13.2 Å². The summed E-state index contributed by atoms with van der Waals surface area (Å²) in [5.41, 5.74) is 0.410. The van der Waals surface area contributed by atoms with Crippen LogP contribution in [0.25, 0.3) is 0 Å². The molecular formula is C17H20ClN3O5S. The fraction of sp³-hybridized carbons (Fsp3) is 0.294. The Balaban J connectivity index is 2.01. The first-order chi connectivity index (χ1) is 12.8. The fourth-order valence-corrected chi connectivity index (χ4v) is 4.01. The van der Waals surface area contributed by atoms with Gasteiger partial charge in [0.1, 0.15) is 5.69 Å². The van der Waals surface area contributed by atoms with E-state index < -0.39 is 28.5 Å². The van der Waals surface area contributed by atoms with Crippen LogP contribution in [0.5, 0.6) is 0 Å². The van der Waals surface area contributed by atoms with Crippen LogP contribution >= 0.6 is 11.6 Å². The van der Waals surface area contributed by atoms with Crippen LogP contribution in [0.4, 0.5) is 5.69 Å². The van der Waals surface area contributed by atoms with Crippen molar-refractivity contribution in [2.75, 3.05) is 25.0 Å². The number of amides is 1. The number of rotatable bonds is 8. The van der Waals surface area contributed by atoms with Gasteiger partial charge in [0.2, 0.25) is 10.0 Å². The number of benzene rings is 1. The number of nitrogens with one attached hydrogen (secondary N) is 2. The van der Waals surface area contributed by atoms with Crippen LogP contribution in [0.3, 0.4) is 0 Å². The molecule has 0 radical (unpaired) electrons. The molecule has 0 saturated heterocycles. The number of aromatic amines is 1. The third-order valence-electron chi connectivity index (χ3n) is 3.66. The zero-order valence-corrected chi connectivity index (χ0v) is 16.4. The number of ether oxygens (including phenoxy) is 1. The van der Waals surface area contributed by atoms with Gasteiger partial charge in [0.15, 0.2) is 6.61 Å². The van der Waals surface area contributed by atoms with Crippen LogP contribution in [0.15, 0.2) is 41.4 Å². The molecule has 2 rings (SSSR count). The monoisotopic (exact) mass is 413 g/mol. The summed E-state index contributed by atoms with van der Waals surface area (Å²) in [5, 5.41) is 2.85. The summed E-state index contributed by atoms with van der Waals surface area (Å²) in [6.45, 7) is 3.65. The molecule has 0 fully saturated rings. The zero-order chi connectivity index (χ0) is 20.0. The third-order valence-corrected chi connectivity index (χ3v) is 5.93.